The van der Waals surface area contributed by atoms with Gasteiger partial charge in [0.1, 0.15) is 5.82 Å². The second-order valence-electron chi connectivity index (χ2n) is 4.90. The molecule has 1 aromatic carbocycles. The zero-order chi connectivity index (χ0) is 14.4. The van der Waals surface area contributed by atoms with E-state index in [4.69, 9.17) is 5.73 Å². The van der Waals surface area contributed by atoms with Gasteiger partial charge in [0.05, 0.1) is 12.1 Å². The van der Waals surface area contributed by atoms with Gasteiger partial charge in [-0.1, -0.05) is 24.7 Å². The number of halogens is 1. The predicted octanol–water partition coefficient (Wildman–Crippen LogP) is 2.15. The van der Waals surface area contributed by atoms with Crippen molar-refractivity contribution in [1.82, 2.24) is 4.90 Å². The van der Waals surface area contributed by atoms with Crippen molar-refractivity contribution in [3.05, 3.63) is 35.1 Å². The van der Waals surface area contributed by atoms with Gasteiger partial charge in [-0.05, 0) is 31.0 Å². The van der Waals surface area contributed by atoms with Crippen LogP contribution in [0.4, 0.5) is 4.39 Å². The summed E-state index contributed by atoms with van der Waals surface area (Å²) in [6, 6.07) is 4.14. The molecule has 0 unspecified atom stereocenters. The Kier molecular flexibility index (Phi) is 5.14. The van der Waals surface area contributed by atoms with E-state index in [1.54, 1.807) is 11.0 Å². The van der Waals surface area contributed by atoms with Crippen LogP contribution in [-0.4, -0.2) is 30.4 Å². The molecule has 1 fully saturated rings. The number of benzene rings is 1. The number of nitrogens with zero attached hydrogens (tertiary/aromatic N) is 1. The smallest absolute Gasteiger partial charge is 0.255 e. The van der Waals surface area contributed by atoms with E-state index in [1.807, 2.05) is 0 Å². The van der Waals surface area contributed by atoms with E-state index in [1.165, 1.54) is 12.1 Å². The standard InChI is InChI=1S/C16H19FN2O/c17-14-8-7-13(6-5-9-18)15(12-14)16(20)19-10-3-1-2-4-11-19/h7-8,12H,1-4,9-11,18H2. The van der Waals surface area contributed by atoms with Crippen LogP contribution in [0.5, 0.6) is 0 Å². The third-order valence-electron chi connectivity index (χ3n) is 3.43. The number of rotatable bonds is 1. The molecule has 20 heavy (non-hydrogen) atoms. The summed E-state index contributed by atoms with van der Waals surface area (Å²) in [4.78, 5) is 14.3. The molecular weight excluding hydrogens is 255 g/mol. The third kappa shape index (κ3) is 3.58. The highest BCUT2D eigenvalue weighted by molar-refractivity contribution is 5.96. The molecule has 4 heteroatoms. The van der Waals surface area contributed by atoms with Gasteiger partial charge in [-0.2, -0.15) is 0 Å². The number of hydrogen-bond donors (Lipinski definition) is 1. The molecule has 1 amide bonds. The Hall–Kier alpha value is -1.86. The fourth-order valence-electron chi connectivity index (χ4n) is 2.39. The van der Waals surface area contributed by atoms with Gasteiger partial charge in [-0.3, -0.25) is 4.79 Å². The lowest BCUT2D eigenvalue weighted by molar-refractivity contribution is 0.0761. The van der Waals surface area contributed by atoms with Crippen molar-refractivity contribution in [3.8, 4) is 11.8 Å². The van der Waals surface area contributed by atoms with Crippen molar-refractivity contribution in [2.75, 3.05) is 19.6 Å². The molecule has 0 aliphatic carbocycles. The first-order valence-corrected chi connectivity index (χ1v) is 7.00. The molecule has 106 valence electrons. The van der Waals surface area contributed by atoms with Crippen LogP contribution in [0.3, 0.4) is 0 Å². The van der Waals surface area contributed by atoms with Crippen molar-refractivity contribution in [1.29, 1.82) is 0 Å². The van der Waals surface area contributed by atoms with E-state index in [9.17, 15) is 9.18 Å². The van der Waals surface area contributed by atoms with Gasteiger partial charge in [0.25, 0.3) is 5.91 Å². The molecule has 2 rings (SSSR count). The summed E-state index contributed by atoms with van der Waals surface area (Å²) in [6.07, 6.45) is 4.30. The van der Waals surface area contributed by atoms with Crippen LogP contribution >= 0.6 is 0 Å². The molecular formula is C16H19FN2O. The summed E-state index contributed by atoms with van der Waals surface area (Å²) in [5.41, 5.74) is 6.24. The number of nitrogens with two attached hydrogens (primary N) is 1. The average Bonchev–Trinajstić information content (AvgIpc) is 2.74. The van der Waals surface area contributed by atoms with Crippen LogP contribution in [0, 0.1) is 17.7 Å². The van der Waals surface area contributed by atoms with Crippen LogP contribution in [0.1, 0.15) is 41.6 Å². The third-order valence-corrected chi connectivity index (χ3v) is 3.43. The summed E-state index contributed by atoms with van der Waals surface area (Å²) < 4.78 is 13.4. The van der Waals surface area contributed by atoms with Gasteiger partial charge in [-0.25, -0.2) is 4.39 Å². The first kappa shape index (κ1) is 14.5. The summed E-state index contributed by atoms with van der Waals surface area (Å²) in [5, 5.41) is 0. The zero-order valence-electron chi connectivity index (χ0n) is 11.5. The van der Waals surface area contributed by atoms with Crippen molar-refractivity contribution in [2.24, 2.45) is 5.73 Å². The van der Waals surface area contributed by atoms with Gasteiger partial charge in [0.2, 0.25) is 0 Å². The Morgan fingerprint density at radius 2 is 1.95 bits per heavy atom. The molecule has 1 heterocycles. The molecule has 1 saturated heterocycles. The SMILES string of the molecule is NCC#Cc1ccc(F)cc1C(=O)N1CCCCCC1. The van der Waals surface area contributed by atoms with Crippen LogP contribution in [0.2, 0.25) is 0 Å². The van der Waals surface area contributed by atoms with Gasteiger partial charge in [0, 0.05) is 18.7 Å². The van der Waals surface area contributed by atoms with Crippen molar-refractivity contribution >= 4 is 5.91 Å². The minimum atomic E-state index is -0.415. The van der Waals surface area contributed by atoms with Gasteiger partial charge < -0.3 is 10.6 Å². The highest BCUT2D eigenvalue weighted by atomic mass is 19.1. The molecule has 1 aliphatic rings. The number of likely N-dealkylation sites (tertiary alicyclic amines) is 1. The topological polar surface area (TPSA) is 46.3 Å². The molecule has 3 nitrogen and oxygen atoms in total. The number of carbonyl (C=O) groups excluding carboxylic acids is 1. The Balaban J connectivity index is 2.29. The monoisotopic (exact) mass is 274 g/mol. The second-order valence-corrected chi connectivity index (χ2v) is 4.90. The fourth-order valence-corrected chi connectivity index (χ4v) is 2.39. The van der Waals surface area contributed by atoms with E-state index < -0.39 is 5.82 Å². The largest absolute Gasteiger partial charge is 0.339 e. The number of hydrogen-bond acceptors (Lipinski definition) is 2. The van der Waals surface area contributed by atoms with Crippen LogP contribution in [0.25, 0.3) is 0 Å². The maximum absolute atomic E-state index is 13.4. The lowest BCUT2D eigenvalue weighted by atomic mass is 10.1. The Labute approximate surface area is 119 Å². The molecule has 0 atom stereocenters. The lowest BCUT2D eigenvalue weighted by Crippen LogP contribution is -2.32. The predicted molar refractivity (Wildman–Crippen MR) is 76.7 cm³/mol. The maximum Gasteiger partial charge on any atom is 0.255 e. The molecule has 0 spiro atoms. The van der Waals surface area contributed by atoms with E-state index in [0.29, 0.717) is 11.1 Å². The summed E-state index contributed by atoms with van der Waals surface area (Å²) >= 11 is 0. The van der Waals surface area contributed by atoms with E-state index >= 15 is 0 Å². The van der Waals surface area contributed by atoms with Crippen molar-refractivity contribution in [2.45, 2.75) is 25.7 Å². The minimum absolute atomic E-state index is 0.132. The fraction of sp³-hybridized carbons (Fsp3) is 0.438. The molecule has 0 aromatic heterocycles. The number of carbonyl (C=O) groups is 1. The maximum atomic E-state index is 13.4. The summed E-state index contributed by atoms with van der Waals surface area (Å²) in [7, 11) is 0. The first-order valence-electron chi connectivity index (χ1n) is 7.00. The quantitative estimate of drug-likeness (QED) is 0.798. The molecule has 0 saturated carbocycles. The Bertz CT molecular complexity index is 537. The lowest BCUT2D eigenvalue weighted by Gasteiger charge is -2.21. The van der Waals surface area contributed by atoms with E-state index in [-0.39, 0.29) is 12.5 Å². The summed E-state index contributed by atoms with van der Waals surface area (Å²) in [6.45, 7) is 1.69. The Morgan fingerprint density at radius 3 is 2.60 bits per heavy atom. The molecule has 0 radical (unpaired) electrons. The van der Waals surface area contributed by atoms with Crippen molar-refractivity contribution < 1.29 is 9.18 Å². The second kappa shape index (κ2) is 7.06. The minimum Gasteiger partial charge on any atom is -0.339 e. The highest BCUT2D eigenvalue weighted by Gasteiger charge is 2.20. The van der Waals surface area contributed by atoms with Crippen molar-refractivity contribution in [3.63, 3.8) is 0 Å². The zero-order valence-corrected chi connectivity index (χ0v) is 11.5. The highest BCUT2D eigenvalue weighted by Crippen LogP contribution is 2.17. The normalized spacial score (nSPS) is 15.2. The summed E-state index contributed by atoms with van der Waals surface area (Å²) in [5.74, 6) is 5.02. The van der Waals surface area contributed by atoms with E-state index in [2.05, 4.69) is 11.8 Å². The van der Waals surface area contributed by atoms with Crippen LogP contribution < -0.4 is 5.73 Å². The van der Waals surface area contributed by atoms with Gasteiger partial charge >= 0.3 is 0 Å². The first-order chi connectivity index (χ1) is 9.72. The van der Waals surface area contributed by atoms with E-state index in [0.717, 1.165) is 38.8 Å². The molecule has 0 bridgehead atoms. The van der Waals surface area contributed by atoms with Crippen LogP contribution in [-0.2, 0) is 0 Å². The van der Waals surface area contributed by atoms with Crippen LogP contribution in [0.15, 0.2) is 18.2 Å². The van der Waals surface area contributed by atoms with Gasteiger partial charge in [-0.15, -0.1) is 0 Å². The van der Waals surface area contributed by atoms with Gasteiger partial charge in [0.15, 0.2) is 0 Å². The number of amides is 1. The molecule has 1 aliphatic heterocycles. The Morgan fingerprint density at radius 1 is 1.25 bits per heavy atom. The molecule has 1 aromatic rings. The molecule has 2 N–H and O–H groups in total. The average molecular weight is 274 g/mol.